The summed E-state index contributed by atoms with van der Waals surface area (Å²) >= 11 is 0. The molecular weight excluding hydrogens is 424 g/mol. The normalized spacial score (nSPS) is 14.3. The second-order valence-electron chi connectivity index (χ2n) is 9.04. The first kappa shape index (κ1) is 31.5. The molecule has 0 aliphatic carbocycles. The fourth-order valence-corrected chi connectivity index (χ4v) is 3.42. The number of allylic oxidation sites excluding steroid dienone is 9. The summed E-state index contributed by atoms with van der Waals surface area (Å²) in [5.74, 6) is -0.654. The summed E-state index contributed by atoms with van der Waals surface area (Å²) in [6.45, 7) is 10.8. The van der Waals surface area contributed by atoms with Crippen LogP contribution in [-0.4, -0.2) is 34.8 Å². The molecular formula is C29H46N2O3. The maximum atomic E-state index is 11.2. The van der Waals surface area contributed by atoms with Crippen LogP contribution in [0.5, 0.6) is 0 Å². The number of ether oxygens (including phenoxy) is 1. The third-order valence-electron chi connectivity index (χ3n) is 5.52. The second kappa shape index (κ2) is 21.1. The van der Waals surface area contributed by atoms with E-state index in [2.05, 4.69) is 56.8 Å². The van der Waals surface area contributed by atoms with Crippen molar-refractivity contribution in [3.63, 3.8) is 0 Å². The minimum atomic E-state index is -0.654. The number of rotatable bonds is 18. The third kappa shape index (κ3) is 20.1. The Morgan fingerprint density at radius 1 is 0.824 bits per heavy atom. The zero-order chi connectivity index (χ0) is 25.6. The zero-order valence-electron chi connectivity index (χ0n) is 22.1. The van der Waals surface area contributed by atoms with Gasteiger partial charge in [-0.25, -0.2) is 4.79 Å². The standard InChI is InChI=1S/C29H46N2O3/c1-24(13-6-7-14-25(2)18-11-19-27(4)20-12-22-32)16-10-17-26(3)15-8-9-21-28(5)34-29(33)23-31-30/h9,13-14,17,19,21,23,28,32H,6-8,10-12,15-16,18,20,22H2,1-5H3/b21-9+,24-13+,25-14+,26-17+,27-19+. The molecule has 1 N–H and O–H groups in total. The van der Waals surface area contributed by atoms with Gasteiger partial charge in [0.25, 0.3) is 0 Å². The molecule has 5 nitrogen and oxygen atoms in total. The Balaban J connectivity index is 4.09. The molecule has 0 aromatic heterocycles. The Hall–Kier alpha value is -2.49. The van der Waals surface area contributed by atoms with E-state index in [4.69, 9.17) is 15.4 Å². The SMILES string of the molecule is C/C(=C\CC/C=C(\C)CC/C=C(\C)CCCO)CC/C=C(\C)CC/C=C/C(C)OC(=O)C=[N+]=[N-]. The minimum absolute atomic E-state index is 0.274. The summed E-state index contributed by atoms with van der Waals surface area (Å²) in [6, 6.07) is 0. The summed E-state index contributed by atoms with van der Waals surface area (Å²) < 4.78 is 5.01. The van der Waals surface area contributed by atoms with Crippen LogP contribution in [0.25, 0.3) is 5.53 Å². The molecule has 0 radical (unpaired) electrons. The van der Waals surface area contributed by atoms with E-state index < -0.39 is 5.97 Å². The van der Waals surface area contributed by atoms with E-state index >= 15 is 0 Å². The molecule has 0 saturated carbocycles. The lowest BCUT2D eigenvalue weighted by Gasteiger charge is -2.04. The first-order valence-corrected chi connectivity index (χ1v) is 12.6. The molecule has 0 saturated heterocycles. The van der Waals surface area contributed by atoms with E-state index in [0.29, 0.717) is 0 Å². The van der Waals surface area contributed by atoms with Crippen LogP contribution in [0.2, 0.25) is 0 Å². The van der Waals surface area contributed by atoms with Crippen molar-refractivity contribution in [2.75, 3.05) is 6.61 Å². The van der Waals surface area contributed by atoms with Crippen molar-refractivity contribution in [3.8, 4) is 0 Å². The predicted octanol–water partition coefficient (Wildman–Crippen LogP) is 7.45. The van der Waals surface area contributed by atoms with Gasteiger partial charge in [-0.15, -0.1) is 0 Å². The van der Waals surface area contributed by atoms with E-state index in [1.807, 2.05) is 12.2 Å². The van der Waals surface area contributed by atoms with Crippen molar-refractivity contribution in [3.05, 3.63) is 64.3 Å². The van der Waals surface area contributed by atoms with Crippen molar-refractivity contribution < 1.29 is 19.4 Å². The van der Waals surface area contributed by atoms with Crippen LogP contribution in [0, 0.1) is 0 Å². The van der Waals surface area contributed by atoms with Gasteiger partial charge in [-0.05, 0) is 105 Å². The van der Waals surface area contributed by atoms with Gasteiger partial charge in [0.15, 0.2) is 0 Å². The first-order valence-electron chi connectivity index (χ1n) is 12.6. The second-order valence-corrected chi connectivity index (χ2v) is 9.04. The summed E-state index contributed by atoms with van der Waals surface area (Å²) in [4.78, 5) is 13.8. The fraction of sp³-hybridized carbons (Fsp3) is 0.586. The van der Waals surface area contributed by atoms with Gasteiger partial charge in [-0.2, -0.15) is 4.79 Å². The maximum absolute atomic E-state index is 11.2. The average molecular weight is 471 g/mol. The highest BCUT2D eigenvalue weighted by molar-refractivity contribution is 6.20. The highest BCUT2D eigenvalue weighted by atomic mass is 16.5. The van der Waals surface area contributed by atoms with Gasteiger partial charge < -0.3 is 15.4 Å². The summed E-state index contributed by atoms with van der Waals surface area (Å²) in [5.41, 5.74) is 13.9. The molecule has 5 heteroatoms. The van der Waals surface area contributed by atoms with Gasteiger partial charge >= 0.3 is 12.2 Å². The van der Waals surface area contributed by atoms with Crippen LogP contribution < -0.4 is 0 Å². The van der Waals surface area contributed by atoms with E-state index in [-0.39, 0.29) is 12.7 Å². The quantitative estimate of drug-likeness (QED) is 0.0563. The molecule has 0 spiro atoms. The molecule has 1 unspecified atom stereocenters. The maximum Gasteiger partial charge on any atom is 0.414 e. The zero-order valence-corrected chi connectivity index (χ0v) is 22.1. The number of esters is 1. The number of aliphatic hydroxyl groups is 1. The molecule has 34 heavy (non-hydrogen) atoms. The van der Waals surface area contributed by atoms with Crippen molar-refractivity contribution >= 4 is 12.2 Å². The van der Waals surface area contributed by atoms with Gasteiger partial charge in [-0.3, -0.25) is 0 Å². The smallest absolute Gasteiger partial charge is 0.414 e. The van der Waals surface area contributed by atoms with Crippen molar-refractivity contribution in [1.82, 2.24) is 0 Å². The van der Waals surface area contributed by atoms with E-state index in [0.717, 1.165) is 70.4 Å². The predicted molar refractivity (Wildman–Crippen MR) is 143 cm³/mol. The molecule has 0 bridgehead atoms. The number of carbonyl (C=O) groups excluding carboxylic acids is 1. The van der Waals surface area contributed by atoms with Crippen molar-refractivity contribution in [2.24, 2.45) is 0 Å². The van der Waals surface area contributed by atoms with E-state index in [1.54, 1.807) is 6.92 Å². The number of aliphatic hydroxyl groups excluding tert-OH is 1. The number of nitrogens with zero attached hydrogens (tertiary/aromatic N) is 2. The topological polar surface area (TPSA) is 82.9 Å². The fourth-order valence-electron chi connectivity index (χ4n) is 3.42. The Labute approximate surface area is 207 Å². The molecule has 0 aromatic carbocycles. The highest BCUT2D eigenvalue weighted by Gasteiger charge is 2.06. The van der Waals surface area contributed by atoms with E-state index in [1.165, 1.54) is 22.3 Å². The molecule has 0 rings (SSSR count). The number of unbranched alkanes of at least 4 members (excludes halogenated alkanes) is 1. The molecule has 0 amide bonds. The Morgan fingerprint density at radius 2 is 1.29 bits per heavy atom. The van der Waals surface area contributed by atoms with Gasteiger partial charge in [0, 0.05) is 6.61 Å². The third-order valence-corrected chi connectivity index (χ3v) is 5.52. The van der Waals surface area contributed by atoms with Crippen LogP contribution in [-0.2, 0) is 9.53 Å². The summed E-state index contributed by atoms with van der Waals surface area (Å²) in [7, 11) is 0. The van der Waals surface area contributed by atoms with Crippen molar-refractivity contribution in [1.29, 1.82) is 0 Å². The Morgan fingerprint density at radius 3 is 1.79 bits per heavy atom. The largest absolute Gasteiger partial charge is 0.450 e. The Bertz CT molecular complexity index is 781. The number of hydrogen-bond acceptors (Lipinski definition) is 3. The molecule has 0 aliphatic heterocycles. The molecule has 1 atom stereocenters. The lowest BCUT2D eigenvalue weighted by atomic mass is 10.0. The lowest BCUT2D eigenvalue weighted by molar-refractivity contribution is -0.141. The van der Waals surface area contributed by atoms with Crippen LogP contribution in [0.15, 0.2) is 58.7 Å². The molecule has 190 valence electrons. The van der Waals surface area contributed by atoms with Gasteiger partial charge in [0.1, 0.15) is 6.10 Å². The minimum Gasteiger partial charge on any atom is -0.450 e. The molecule has 0 fully saturated rings. The van der Waals surface area contributed by atoms with Crippen LogP contribution in [0.4, 0.5) is 0 Å². The summed E-state index contributed by atoms with van der Waals surface area (Å²) in [6.07, 6.45) is 23.9. The molecule has 0 heterocycles. The van der Waals surface area contributed by atoms with Gasteiger partial charge in [0.2, 0.25) is 0 Å². The average Bonchev–Trinajstić information content (AvgIpc) is 2.78. The first-order chi connectivity index (χ1) is 16.3. The molecule has 0 aliphatic rings. The lowest BCUT2D eigenvalue weighted by Crippen LogP contribution is -2.13. The van der Waals surface area contributed by atoms with Crippen LogP contribution in [0.3, 0.4) is 0 Å². The van der Waals surface area contributed by atoms with Gasteiger partial charge in [-0.1, -0.05) is 52.7 Å². The monoisotopic (exact) mass is 470 g/mol. The Kier molecular flexibility index (Phi) is 19.5. The van der Waals surface area contributed by atoms with Crippen molar-refractivity contribution in [2.45, 2.75) is 105 Å². The van der Waals surface area contributed by atoms with Crippen LogP contribution >= 0.6 is 0 Å². The van der Waals surface area contributed by atoms with Crippen LogP contribution in [0.1, 0.15) is 98.8 Å². The highest BCUT2D eigenvalue weighted by Crippen LogP contribution is 2.14. The number of hydrogen-bond donors (Lipinski definition) is 1. The number of carbonyl (C=O) groups is 1. The molecule has 0 aromatic rings. The summed E-state index contributed by atoms with van der Waals surface area (Å²) in [5, 5.41) is 8.88. The van der Waals surface area contributed by atoms with Gasteiger partial charge in [0.05, 0.1) is 0 Å². The van der Waals surface area contributed by atoms with E-state index in [9.17, 15) is 4.79 Å².